The van der Waals surface area contributed by atoms with Gasteiger partial charge in [-0.2, -0.15) is 5.10 Å². The van der Waals surface area contributed by atoms with E-state index < -0.39 is 4.92 Å². The van der Waals surface area contributed by atoms with Crippen LogP contribution in [0, 0.1) is 10.1 Å². The number of hydrogen-bond acceptors (Lipinski definition) is 6. The molecule has 2 aromatic carbocycles. The highest BCUT2D eigenvalue weighted by Gasteiger charge is 2.14. The van der Waals surface area contributed by atoms with Gasteiger partial charge in [-0.3, -0.25) is 15.5 Å². The topological polar surface area (TPSA) is 86.0 Å². The number of rotatable bonds is 4. The van der Waals surface area contributed by atoms with Crippen molar-refractivity contribution in [1.29, 1.82) is 0 Å². The lowest BCUT2D eigenvalue weighted by Crippen LogP contribution is -2.00. The molecule has 3 rings (SSSR count). The van der Waals surface area contributed by atoms with Crippen LogP contribution in [0.15, 0.2) is 47.6 Å². The molecule has 0 amide bonds. The number of non-ortho nitro benzene ring substituents is 1. The van der Waals surface area contributed by atoms with Gasteiger partial charge in [0.05, 0.1) is 16.3 Å². The van der Waals surface area contributed by atoms with Crippen LogP contribution in [0.1, 0.15) is 12.5 Å². The Labute approximate surface area is 126 Å². The number of benzene rings is 2. The van der Waals surface area contributed by atoms with Crippen molar-refractivity contribution in [3.05, 3.63) is 58.1 Å². The molecular formula is C15H13N3O4. The fourth-order valence-corrected chi connectivity index (χ4v) is 2.02. The third kappa shape index (κ3) is 2.83. The zero-order valence-corrected chi connectivity index (χ0v) is 11.8. The van der Waals surface area contributed by atoms with Crippen molar-refractivity contribution in [2.45, 2.75) is 6.92 Å². The third-order valence-electron chi connectivity index (χ3n) is 3.20. The van der Waals surface area contributed by atoms with Crippen molar-refractivity contribution >= 4 is 17.1 Å². The largest absolute Gasteiger partial charge is 0.454 e. The Morgan fingerprint density at radius 1 is 1.23 bits per heavy atom. The first-order valence-electron chi connectivity index (χ1n) is 6.58. The van der Waals surface area contributed by atoms with Gasteiger partial charge in [0.1, 0.15) is 0 Å². The van der Waals surface area contributed by atoms with Crippen molar-refractivity contribution < 1.29 is 14.4 Å². The number of nitrogens with zero attached hydrogens (tertiary/aromatic N) is 2. The zero-order chi connectivity index (χ0) is 15.5. The van der Waals surface area contributed by atoms with E-state index in [-0.39, 0.29) is 12.5 Å². The maximum absolute atomic E-state index is 10.7. The van der Waals surface area contributed by atoms with Crippen molar-refractivity contribution in [2.75, 3.05) is 12.2 Å². The molecular weight excluding hydrogens is 286 g/mol. The predicted molar refractivity (Wildman–Crippen MR) is 81.5 cm³/mol. The molecule has 0 saturated carbocycles. The highest BCUT2D eigenvalue weighted by Crippen LogP contribution is 2.32. The summed E-state index contributed by atoms with van der Waals surface area (Å²) < 4.78 is 10.6. The number of hydrazone groups is 1. The number of nitrogens with one attached hydrogen (secondary N) is 1. The molecule has 2 aromatic rings. The van der Waals surface area contributed by atoms with Crippen LogP contribution in [-0.2, 0) is 0 Å². The first-order chi connectivity index (χ1) is 10.6. The second kappa shape index (κ2) is 5.72. The first-order valence-corrected chi connectivity index (χ1v) is 6.58. The molecule has 22 heavy (non-hydrogen) atoms. The van der Waals surface area contributed by atoms with Crippen LogP contribution in [-0.4, -0.2) is 17.4 Å². The average molecular weight is 299 g/mol. The average Bonchev–Trinajstić information content (AvgIpc) is 3.00. The minimum atomic E-state index is -0.445. The van der Waals surface area contributed by atoms with Gasteiger partial charge < -0.3 is 9.47 Å². The van der Waals surface area contributed by atoms with Crippen LogP contribution < -0.4 is 14.9 Å². The van der Waals surface area contributed by atoms with Gasteiger partial charge in [0.25, 0.3) is 5.69 Å². The molecule has 0 atom stereocenters. The minimum Gasteiger partial charge on any atom is -0.454 e. The summed E-state index contributed by atoms with van der Waals surface area (Å²) >= 11 is 0. The lowest BCUT2D eigenvalue weighted by Gasteiger charge is -2.05. The van der Waals surface area contributed by atoms with E-state index >= 15 is 0 Å². The van der Waals surface area contributed by atoms with Gasteiger partial charge in [-0.25, -0.2) is 0 Å². The fourth-order valence-electron chi connectivity index (χ4n) is 2.02. The second-order valence-corrected chi connectivity index (χ2v) is 4.68. The molecule has 0 aromatic heterocycles. The van der Waals surface area contributed by atoms with Crippen molar-refractivity contribution in [3.8, 4) is 11.5 Å². The van der Waals surface area contributed by atoms with E-state index in [1.165, 1.54) is 12.1 Å². The second-order valence-electron chi connectivity index (χ2n) is 4.68. The van der Waals surface area contributed by atoms with Crippen LogP contribution >= 0.6 is 0 Å². The Balaban J connectivity index is 1.77. The SMILES string of the molecule is CC(=NNc1cccc([N+](=O)[O-])c1)c1ccc2c(c1)OCO2. The maximum atomic E-state index is 10.7. The number of fused-ring (bicyclic) bond motifs is 1. The Morgan fingerprint density at radius 2 is 2.05 bits per heavy atom. The van der Waals surface area contributed by atoms with Gasteiger partial charge in [0, 0.05) is 17.7 Å². The molecule has 0 radical (unpaired) electrons. The number of ether oxygens (including phenoxy) is 2. The molecule has 1 aliphatic heterocycles. The van der Waals surface area contributed by atoms with Gasteiger partial charge in [-0.1, -0.05) is 6.07 Å². The Kier molecular flexibility index (Phi) is 3.61. The van der Waals surface area contributed by atoms with Gasteiger partial charge >= 0.3 is 0 Å². The van der Waals surface area contributed by atoms with E-state index in [0.29, 0.717) is 17.2 Å². The van der Waals surface area contributed by atoms with Crippen molar-refractivity contribution in [2.24, 2.45) is 5.10 Å². The normalized spacial score (nSPS) is 13.0. The van der Waals surface area contributed by atoms with E-state index in [1.54, 1.807) is 12.1 Å². The number of nitro groups is 1. The van der Waals surface area contributed by atoms with Gasteiger partial charge in [0.2, 0.25) is 6.79 Å². The monoisotopic (exact) mass is 299 g/mol. The van der Waals surface area contributed by atoms with E-state index in [0.717, 1.165) is 11.3 Å². The smallest absolute Gasteiger partial charge is 0.271 e. The third-order valence-corrected chi connectivity index (χ3v) is 3.20. The summed E-state index contributed by atoms with van der Waals surface area (Å²) in [6.07, 6.45) is 0. The minimum absolute atomic E-state index is 0.0148. The Morgan fingerprint density at radius 3 is 2.86 bits per heavy atom. The highest BCUT2D eigenvalue weighted by molar-refractivity contribution is 5.99. The molecule has 1 N–H and O–H groups in total. The molecule has 1 heterocycles. The quantitative estimate of drug-likeness (QED) is 0.532. The van der Waals surface area contributed by atoms with Crippen molar-refractivity contribution in [1.82, 2.24) is 0 Å². The standard InChI is InChI=1S/C15H13N3O4/c1-10(11-5-6-14-15(7-11)22-9-21-14)16-17-12-3-2-4-13(8-12)18(19)20/h2-8,17H,9H2,1H3. The van der Waals surface area contributed by atoms with Crippen LogP contribution in [0.2, 0.25) is 0 Å². The van der Waals surface area contributed by atoms with Gasteiger partial charge in [0.15, 0.2) is 11.5 Å². The van der Waals surface area contributed by atoms with E-state index in [4.69, 9.17) is 9.47 Å². The van der Waals surface area contributed by atoms with E-state index in [2.05, 4.69) is 10.5 Å². The summed E-state index contributed by atoms with van der Waals surface area (Å²) in [6, 6.07) is 11.7. The molecule has 7 nitrogen and oxygen atoms in total. The van der Waals surface area contributed by atoms with Crippen LogP contribution in [0.4, 0.5) is 11.4 Å². The molecule has 0 spiro atoms. The van der Waals surface area contributed by atoms with E-state index in [1.807, 2.05) is 25.1 Å². The summed E-state index contributed by atoms with van der Waals surface area (Å²) in [7, 11) is 0. The summed E-state index contributed by atoms with van der Waals surface area (Å²) in [5.41, 5.74) is 4.99. The van der Waals surface area contributed by atoms with Crippen LogP contribution in [0.5, 0.6) is 11.5 Å². The Hall–Kier alpha value is -3.09. The Bertz CT molecular complexity index is 758. The number of nitro benzene ring substituents is 1. The number of anilines is 1. The number of hydrogen-bond donors (Lipinski definition) is 1. The molecule has 1 aliphatic rings. The first kappa shape index (κ1) is 13.9. The van der Waals surface area contributed by atoms with Crippen molar-refractivity contribution in [3.63, 3.8) is 0 Å². The van der Waals surface area contributed by atoms with Gasteiger partial charge in [-0.15, -0.1) is 0 Å². The summed E-state index contributed by atoms with van der Waals surface area (Å²) in [6.45, 7) is 2.06. The molecule has 112 valence electrons. The molecule has 0 unspecified atom stereocenters. The molecule has 0 saturated heterocycles. The predicted octanol–water partition coefficient (Wildman–Crippen LogP) is 3.16. The summed E-state index contributed by atoms with van der Waals surface area (Å²) in [4.78, 5) is 10.3. The summed E-state index contributed by atoms with van der Waals surface area (Å²) in [5, 5.41) is 15.0. The lowest BCUT2D eigenvalue weighted by molar-refractivity contribution is -0.384. The van der Waals surface area contributed by atoms with Crippen LogP contribution in [0.3, 0.4) is 0 Å². The molecule has 0 bridgehead atoms. The van der Waals surface area contributed by atoms with Crippen LogP contribution in [0.25, 0.3) is 0 Å². The van der Waals surface area contributed by atoms with Gasteiger partial charge in [-0.05, 0) is 31.2 Å². The van der Waals surface area contributed by atoms with E-state index in [9.17, 15) is 10.1 Å². The fraction of sp³-hybridized carbons (Fsp3) is 0.133. The molecule has 0 fully saturated rings. The summed E-state index contributed by atoms with van der Waals surface area (Å²) in [5.74, 6) is 1.39. The zero-order valence-electron chi connectivity index (χ0n) is 11.8. The molecule has 0 aliphatic carbocycles. The lowest BCUT2D eigenvalue weighted by atomic mass is 10.1. The maximum Gasteiger partial charge on any atom is 0.271 e. The highest BCUT2D eigenvalue weighted by atomic mass is 16.7. The molecule has 7 heteroatoms.